The molecule has 0 unspecified atom stereocenters. The lowest BCUT2D eigenvalue weighted by Crippen LogP contribution is -2.11. The second-order valence-corrected chi connectivity index (χ2v) is 8.56. The molecule has 6 nitrogen and oxygen atoms in total. The fourth-order valence-corrected chi connectivity index (χ4v) is 4.18. The van der Waals surface area contributed by atoms with E-state index in [0.717, 1.165) is 22.2 Å². The summed E-state index contributed by atoms with van der Waals surface area (Å²) >= 11 is 1.46. The Kier molecular flexibility index (Phi) is 5.03. The van der Waals surface area contributed by atoms with E-state index in [1.54, 1.807) is 18.2 Å². The Hall–Kier alpha value is -3.45. The van der Waals surface area contributed by atoms with Crippen LogP contribution in [0.1, 0.15) is 45.9 Å². The number of fused-ring (bicyclic) bond motifs is 1. The third kappa shape index (κ3) is 4.36. The number of benzene rings is 2. The lowest BCUT2D eigenvalue weighted by molar-refractivity contribution is 0.102. The fraction of sp³-hybridized carbons (Fsp3) is 0.208. The largest absolute Gasteiger partial charge is 0.489 e. The number of nitrogens with one attached hydrogen (secondary N) is 1. The van der Waals surface area contributed by atoms with Crippen LogP contribution >= 0.6 is 11.3 Å². The van der Waals surface area contributed by atoms with Gasteiger partial charge in [0.05, 0.1) is 5.69 Å². The van der Waals surface area contributed by atoms with Gasteiger partial charge in [0, 0.05) is 34.4 Å². The van der Waals surface area contributed by atoms with Crippen LogP contribution in [0.25, 0.3) is 11.0 Å². The number of aromatic nitrogens is 1. The number of anilines is 1. The molecule has 2 aromatic carbocycles. The van der Waals surface area contributed by atoms with Gasteiger partial charge >= 0.3 is 5.63 Å². The normalized spacial score (nSPS) is 13.3. The lowest BCUT2D eigenvalue weighted by Gasteiger charge is -2.08. The molecule has 0 bridgehead atoms. The van der Waals surface area contributed by atoms with E-state index < -0.39 is 0 Å². The Morgan fingerprint density at radius 3 is 2.77 bits per heavy atom. The number of ether oxygens (including phenoxy) is 1. The average molecular weight is 433 g/mol. The number of nitrogens with zero attached hydrogens (tertiary/aromatic N) is 1. The van der Waals surface area contributed by atoms with Gasteiger partial charge < -0.3 is 9.15 Å². The number of thiazole rings is 1. The van der Waals surface area contributed by atoms with Gasteiger partial charge in [-0.3, -0.25) is 10.1 Å². The topological polar surface area (TPSA) is 81.4 Å². The third-order valence-corrected chi connectivity index (χ3v) is 6.06. The van der Waals surface area contributed by atoms with Crippen molar-refractivity contribution >= 4 is 33.3 Å². The number of aryl methyl sites for hydroxylation is 1. The molecule has 1 aliphatic rings. The van der Waals surface area contributed by atoms with Gasteiger partial charge in [0.2, 0.25) is 0 Å². The molecule has 1 amide bonds. The predicted molar refractivity (Wildman–Crippen MR) is 120 cm³/mol. The number of rotatable bonds is 6. The number of hydrogen-bond donors (Lipinski definition) is 1. The van der Waals surface area contributed by atoms with Gasteiger partial charge in [-0.25, -0.2) is 9.78 Å². The van der Waals surface area contributed by atoms with Gasteiger partial charge in [-0.1, -0.05) is 12.1 Å². The van der Waals surface area contributed by atoms with E-state index in [-0.39, 0.29) is 11.5 Å². The molecule has 1 saturated carbocycles. The molecule has 0 atom stereocenters. The van der Waals surface area contributed by atoms with Gasteiger partial charge in [0.1, 0.15) is 17.9 Å². The van der Waals surface area contributed by atoms with Gasteiger partial charge in [0.15, 0.2) is 5.13 Å². The average Bonchev–Trinajstić information content (AvgIpc) is 3.51. The Morgan fingerprint density at radius 1 is 1.19 bits per heavy atom. The molecule has 5 rings (SSSR count). The maximum absolute atomic E-state index is 12.5. The Morgan fingerprint density at radius 2 is 2.00 bits per heavy atom. The number of carbonyl (C=O) groups is 1. The van der Waals surface area contributed by atoms with Crippen LogP contribution in [0.5, 0.6) is 5.75 Å². The standard InChI is InChI=1S/C24H20N2O4S/c1-14-10-22(27)30-21-11-18(8-9-19(14)21)29-12-15-2-4-17(5-3-15)23(28)26-24-25-20(13-31-24)16-6-7-16/h2-5,8-11,13,16H,6-7,12H2,1H3,(H,25,26,28). The number of amides is 1. The quantitative estimate of drug-likeness (QED) is 0.420. The van der Waals surface area contributed by atoms with Crippen LogP contribution in [0, 0.1) is 6.92 Å². The summed E-state index contributed by atoms with van der Waals surface area (Å²) in [5.74, 6) is 1.01. The Balaban J connectivity index is 1.22. The molecule has 1 aliphatic carbocycles. The second-order valence-electron chi connectivity index (χ2n) is 7.70. The van der Waals surface area contributed by atoms with Crippen LogP contribution in [-0.2, 0) is 6.61 Å². The van der Waals surface area contributed by atoms with E-state index in [1.807, 2.05) is 36.6 Å². The molecular formula is C24H20N2O4S. The monoisotopic (exact) mass is 432 g/mol. The molecule has 156 valence electrons. The van der Waals surface area contributed by atoms with Crippen molar-refractivity contribution in [3.63, 3.8) is 0 Å². The summed E-state index contributed by atoms with van der Waals surface area (Å²) in [6.45, 7) is 2.21. The lowest BCUT2D eigenvalue weighted by atomic mass is 10.1. The first-order valence-electron chi connectivity index (χ1n) is 10.1. The third-order valence-electron chi connectivity index (χ3n) is 5.28. The number of hydrogen-bond acceptors (Lipinski definition) is 6. The SMILES string of the molecule is Cc1cc(=O)oc2cc(OCc3ccc(C(=O)Nc4nc(C5CC5)cs4)cc3)ccc12. The zero-order chi connectivity index (χ0) is 21.4. The highest BCUT2D eigenvalue weighted by molar-refractivity contribution is 7.14. The fourth-order valence-electron chi connectivity index (χ4n) is 3.39. The van der Waals surface area contributed by atoms with E-state index in [2.05, 4.69) is 10.3 Å². The summed E-state index contributed by atoms with van der Waals surface area (Å²) in [5.41, 5.74) is 3.56. The minimum absolute atomic E-state index is 0.177. The predicted octanol–water partition coefficient (Wildman–Crippen LogP) is 5.27. The highest BCUT2D eigenvalue weighted by Gasteiger charge is 2.26. The molecule has 31 heavy (non-hydrogen) atoms. The molecule has 7 heteroatoms. The molecule has 1 N–H and O–H groups in total. The van der Waals surface area contributed by atoms with E-state index in [9.17, 15) is 9.59 Å². The Labute approximate surface area is 182 Å². The van der Waals surface area contributed by atoms with Crippen molar-refractivity contribution in [3.8, 4) is 5.75 Å². The van der Waals surface area contributed by atoms with Crippen molar-refractivity contribution in [1.29, 1.82) is 0 Å². The maximum atomic E-state index is 12.5. The van der Waals surface area contributed by atoms with Crippen molar-refractivity contribution in [2.75, 3.05) is 5.32 Å². The van der Waals surface area contributed by atoms with Crippen molar-refractivity contribution in [2.45, 2.75) is 32.3 Å². The summed E-state index contributed by atoms with van der Waals surface area (Å²) in [4.78, 5) is 28.5. The Bertz CT molecular complexity index is 1320. The van der Waals surface area contributed by atoms with Crippen LogP contribution < -0.4 is 15.7 Å². The van der Waals surface area contributed by atoms with Crippen molar-refractivity contribution < 1.29 is 13.9 Å². The van der Waals surface area contributed by atoms with E-state index in [4.69, 9.17) is 9.15 Å². The zero-order valence-corrected chi connectivity index (χ0v) is 17.7. The van der Waals surface area contributed by atoms with E-state index in [1.165, 1.54) is 30.2 Å². The molecule has 0 saturated heterocycles. The summed E-state index contributed by atoms with van der Waals surface area (Å²) in [6.07, 6.45) is 2.38. The highest BCUT2D eigenvalue weighted by Crippen LogP contribution is 2.40. The molecule has 2 aromatic heterocycles. The van der Waals surface area contributed by atoms with Crippen molar-refractivity contribution in [3.05, 3.63) is 86.7 Å². The minimum atomic E-state index is -0.377. The summed E-state index contributed by atoms with van der Waals surface area (Å²) in [5, 5.41) is 6.40. The molecule has 2 heterocycles. The van der Waals surface area contributed by atoms with Gasteiger partial charge in [-0.2, -0.15) is 0 Å². The van der Waals surface area contributed by atoms with Crippen LogP contribution in [-0.4, -0.2) is 10.9 Å². The zero-order valence-electron chi connectivity index (χ0n) is 16.9. The van der Waals surface area contributed by atoms with Crippen LogP contribution in [0.15, 0.2) is 63.1 Å². The molecule has 4 aromatic rings. The summed E-state index contributed by atoms with van der Waals surface area (Å²) in [7, 11) is 0. The van der Waals surface area contributed by atoms with Crippen LogP contribution in [0.4, 0.5) is 5.13 Å². The van der Waals surface area contributed by atoms with Crippen LogP contribution in [0.2, 0.25) is 0 Å². The minimum Gasteiger partial charge on any atom is -0.489 e. The van der Waals surface area contributed by atoms with Crippen molar-refractivity contribution in [2.24, 2.45) is 0 Å². The van der Waals surface area contributed by atoms with E-state index >= 15 is 0 Å². The molecule has 1 fully saturated rings. The molecule has 0 spiro atoms. The summed E-state index contributed by atoms with van der Waals surface area (Å²) in [6, 6.07) is 14.2. The van der Waals surface area contributed by atoms with Gasteiger partial charge in [-0.05, 0) is 55.2 Å². The molecule has 0 aliphatic heterocycles. The first-order chi connectivity index (χ1) is 15.0. The first kappa shape index (κ1) is 19.5. The number of carbonyl (C=O) groups excluding carboxylic acids is 1. The van der Waals surface area contributed by atoms with Crippen molar-refractivity contribution in [1.82, 2.24) is 4.98 Å². The highest BCUT2D eigenvalue weighted by atomic mass is 32.1. The van der Waals surface area contributed by atoms with Crippen LogP contribution in [0.3, 0.4) is 0 Å². The first-order valence-corrected chi connectivity index (χ1v) is 11.0. The molecular weight excluding hydrogens is 412 g/mol. The van der Waals surface area contributed by atoms with Gasteiger partial charge in [-0.15, -0.1) is 11.3 Å². The van der Waals surface area contributed by atoms with Gasteiger partial charge in [0.25, 0.3) is 5.91 Å². The summed E-state index contributed by atoms with van der Waals surface area (Å²) < 4.78 is 11.1. The second kappa shape index (κ2) is 8.00. The molecule has 0 radical (unpaired) electrons. The smallest absolute Gasteiger partial charge is 0.336 e. The maximum Gasteiger partial charge on any atom is 0.336 e. The van der Waals surface area contributed by atoms with E-state index in [0.29, 0.717) is 34.6 Å².